The summed E-state index contributed by atoms with van der Waals surface area (Å²) >= 11 is 0. The number of nitrogens with zero attached hydrogens (tertiary/aromatic N) is 2. The molecule has 0 aromatic heterocycles. The van der Waals surface area contributed by atoms with Crippen LogP contribution in [0.4, 0.5) is 11.4 Å². The number of aromatic carboxylic acids is 1. The fourth-order valence-corrected chi connectivity index (χ4v) is 2.05. The molecule has 10 nitrogen and oxygen atoms in total. The second-order valence-corrected chi connectivity index (χ2v) is 5.67. The topological polar surface area (TPSA) is 180 Å². The molecule has 114 valence electrons. The maximum absolute atomic E-state index is 11.4. The van der Waals surface area contributed by atoms with Crippen molar-refractivity contribution >= 4 is 39.5 Å². The second-order valence-electron chi connectivity index (χ2n) is 3.92. The van der Waals surface area contributed by atoms with Crippen LogP contribution < -0.4 is 16.2 Å². The number of rotatable bonds is 5. The maximum Gasteiger partial charge on any atom is 0.335 e. The number of carboxylic acid groups (broad SMARTS) is 1. The Morgan fingerprint density at radius 1 is 1.38 bits per heavy atom. The first-order chi connectivity index (χ1) is 9.64. The Kier molecular flexibility index (Phi) is 4.71. The number of nitrogens with one attached hydrogen (secondary N) is 1. The summed E-state index contributed by atoms with van der Waals surface area (Å²) in [5.74, 6) is -1.69. The van der Waals surface area contributed by atoms with Gasteiger partial charge in [-0.25, -0.2) is 18.2 Å². The van der Waals surface area contributed by atoms with Crippen molar-refractivity contribution in [2.45, 2.75) is 0 Å². The summed E-state index contributed by atoms with van der Waals surface area (Å²) in [6, 6.07) is 2.17. The first-order valence-electron chi connectivity index (χ1n) is 5.30. The number of guanidine groups is 1. The van der Waals surface area contributed by atoms with Gasteiger partial charge in [-0.15, -0.1) is 0 Å². The van der Waals surface area contributed by atoms with E-state index in [2.05, 4.69) is 14.9 Å². The van der Waals surface area contributed by atoms with Gasteiger partial charge in [0.05, 0.1) is 29.4 Å². The van der Waals surface area contributed by atoms with Crippen LogP contribution in [0, 0.1) is 0 Å². The zero-order valence-electron chi connectivity index (χ0n) is 10.8. The van der Waals surface area contributed by atoms with E-state index in [0.29, 0.717) is 0 Å². The lowest BCUT2D eigenvalue weighted by Crippen LogP contribution is -2.22. The van der Waals surface area contributed by atoms with Crippen LogP contribution in [0.2, 0.25) is 0 Å². The predicted molar refractivity (Wildman–Crippen MR) is 76.7 cm³/mol. The van der Waals surface area contributed by atoms with E-state index in [1.807, 2.05) is 0 Å². The Labute approximate surface area is 119 Å². The van der Waals surface area contributed by atoms with Crippen LogP contribution in [0.15, 0.2) is 22.3 Å². The van der Waals surface area contributed by atoms with Crippen LogP contribution in [0.1, 0.15) is 15.9 Å². The molecule has 7 N–H and O–H groups in total. The molecule has 0 amide bonds. The normalized spacial score (nSPS) is 11.3. The molecule has 0 aliphatic heterocycles. The van der Waals surface area contributed by atoms with Crippen molar-refractivity contribution in [1.29, 1.82) is 0 Å². The molecule has 0 fully saturated rings. The van der Waals surface area contributed by atoms with Crippen molar-refractivity contribution in [2.75, 3.05) is 11.0 Å². The average molecular weight is 315 g/mol. The number of hydrogen-bond acceptors (Lipinski definition) is 6. The standard InChI is InChI=1S/C10H13N5O5S/c1-21(19,20)15-8-6(4-13-18)2-5(9(16)17)3-7(8)14-10(11)12/h2-4,15,18H,1H3,(H,16,17)(H4,11,12,14)/b13-4+. The number of carboxylic acids is 1. The first kappa shape index (κ1) is 16.2. The highest BCUT2D eigenvalue weighted by Gasteiger charge is 2.16. The fraction of sp³-hybridized carbons (Fsp3) is 0.100. The van der Waals surface area contributed by atoms with Gasteiger partial charge in [0.15, 0.2) is 5.96 Å². The Morgan fingerprint density at radius 3 is 2.43 bits per heavy atom. The molecule has 0 unspecified atom stereocenters. The Hall–Kier alpha value is -2.82. The smallest absolute Gasteiger partial charge is 0.335 e. The van der Waals surface area contributed by atoms with Gasteiger partial charge >= 0.3 is 5.97 Å². The van der Waals surface area contributed by atoms with Crippen LogP contribution in [0.5, 0.6) is 0 Å². The number of carbonyl (C=O) groups is 1. The maximum atomic E-state index is 11.4. The van der Waals surface area contributed by atoms with E-state index >= 15 is 0 Å². The van der Waals surface area contributed by atoms with Crippen LogP contribution in [-0.2, 0) is 10.0 Å². The summed E-state index contributed by atoms with van der Waals surface area (Å²) < 4.78 is 24.9. The van der Waals surface area contributed by atoms with Gasteiger partial charge in [-0.05, 0) is 12.1 Å². The molecule has 0 spiro atoms. The third-order valence-electron chi connectivity index (χ3n) is 2.13. The minimum atomic E-state index is -3.70. The van der Waals surface area contributed by atoms with Crippen molar-refractivity contribution in [3.8, 4) is 0 Å². The summed E-state index contributed by atoms with van der Waals surface area (Å²) in [4.78, 5) is 14.7. The van der Waals surface area contributed by atoms with Crippen molar-refractivity contribution in [3.05, 3.63) is 23.3 Å². The molecule has 0 atom stereocenters. The molecule has 0 bridgehead atoms. The van der Waals surface area contributed by atoms with Gasteiger partial charge < -0.3 is 21.8 Å². The predicted octanol–water partition coefficient (Wildman–Crippen LogP) is -0.531. The summed E-state index contributed by atoms with van der Waals surface area (Å²) in [5.41, 5.74) is 9.96. The molecule has 1 aromatic carbocycles. The molecular weight excluding hydrogens is 302 g/mol. The number of benzene rings is 1. The van der Waals surface area contributed by atoms with E-state index in [9.17, 15) is 13.2 Å². The van der Waals surface area contributed by atoms with Gasteiger partial charge in [-0.1, -0.05) is 5.16 Å². The van der Waals surface area contributed by atoms with E-state index in [1.54, 1.807) is 0 Å². The number of oxime groups is 1. The van der Waals surface area contributed by atoms with Crippen molar-refractivity contribution in [1.82, 2.24) is 0 Å². The Bertz CT molecular complexity index is 722. The fourth-order valence-electron chi connectivity index (χ4n) is 1.46. The lowest BCUT2D eigenvalue weighted by Gasteiger charge is -2.12. The molecule has 11 heteroatoms. The summed E-state index contributed by atoms with van der Waals surface area (Å²) in [7, 11) is -3.70. The molecule has 0 heterocycles. The van der Waals surface area contributed by atoms with Crippen LogP contribution in [-0.4, -0.2) is 43.1 Å². The molecular formula is C10H13N5O5S. The molecule has 0 aliphatic carbocycles. The van der Waals surface area contributed by atoms with E-state index in [1.165, 1.54) is 0 Å². The number of sulfonamides is 1. The minimum absolute atomic E-state index is 0.0252. The van der Waals surface area contributed by atoms with Gasteiger partial charge in [0.2, 0.25) is 10.0 Å². The third kappa shape index (κ3) is 4.65. The monoisotopic (exact) mass is 315 g/mol. The number of hydrogen-bond donors (Lipinski definition) is 5. The lowest BCUT2D eigenvalue weighted by atomic mass is 10.1. The zero-order valence-corrected chi connectivity index (χ0v) is 11.6. The van der Waals surface area contributed by atoms with Gasteiger partial charge in [0.1, 0.15) is 0 Å². The van der Waals surface area contributed by atoms with Crippen molar-refractivity contribution < 1.29 is 23.5 Å². The van der Waals surface area contributed by atoms with E-state index in [-0.39, 0.29) is 22.5 Å². The molecule has 21 heavy (non-hydrogen) atoms. The van der Waals surface area contributed by atoms with E-state index < -0.39 is 22.0 Å². The Morgan fingerprint density at radius 2 is 2.00 bits per heavy atom. The van der Waals surface area contributed by atoms with Crippen LogP contribution in [0.3, 0.4) is 0 Å². The summed E-state index contributed by atoms with van der Waals surface area (Å²) in [6.45, 7) is 0. The van der Waals surface area contributed by atoms with Crippen LogP contribution in [0.25, 0.3) is 0 Å². The van der Waals surface area contributed by atoms with E-state index in [0.717, 1.165) is 24.6 Å². The molecule has 0 radical (unpaired) electrons. The summed E-state index contributed by atoms with van der Waals surface area (Å²) in [6.07, 6.45) is 1.74. The lowest BCUT2D eigenvalue weighted by molar-refractivity contribution is 0.0697. The highest BCUT2D eigenvalue weighted by atomic mass is 32.2. The third-order valence-corrected chi connectivity index (χ3v) is 2.70. The largest absolute Gasteiger partial charge is 0.478 e. The van der Waals surface area contributed by atoms with Gasteiger partial charge in [0.25, 0.3) is 0 Å². The molecule has 1 aromatic rings. The Balaban J connectivity index is 3.69. The van der Waals surface area contributed by atoms with Crippen LogP contribution >= 0.6 is 0 Å². The number of anilines is 1. The van der Waals surface area contributed by atoms with Crippen molar-refractivity contribution in [2.24, 2.45) is 21.6 Å². The number of nitrogens with two attached hydrogens (primary N) is 2. The summed E-state index contributed by atoms with van der Waals surface area (Å²) in [5, 5.41) is 20.4. The molecule has 0 saturated heterocycles. The highest BCUT2D eigenvalue weighted by Crippen LogP contribution is 2.31. The minimum Gasteiger partial charge on any atom is -0.478 e. The first-order valence-corrected chi connectivity index (χ1v) is 7.19. The van der Waals surface area contributed by atoms with Gasteiger partial charge in [-0.2, -0.15) is 0 Å². The van der Waals surface area contributed by atoms with E-state index in [4.69, 9.17) is 21.8 Å². The molecule has 0 saturated carbocycles. The molecule has 1 rings (SSSR count). The van der Waals surface area contributed by atoms with Gasteiger partial charge in [-0.3, -0.25) is 4.72 Å². The average Bonchev–Trinajstić information content (AvgIpc) is 2.30. The highest BCUT2D eigenvalue weighted by molar-refractivity contribution is 7.92. The quantitative estimate of drug-likeness (QED) is 0.209. The molecule has 0 aliphatic rings. The van der Waals surface area contributed by atoms with Gasteiger partial charge in [0, 0.05) is 5.56 Å². The zero-order chi connectivity index (χ0) is 16.2. The SMILES string of the molecule is CS(=O)(=O)Nc1c(/C=N/O)cc(C(=O)O)cc1N=C(N)N. The van der Waals surface area contributed by atoms with Crippen molar-refractivity contribution in [3.63, 3.8) is 0 Å². The second kappa shape index (κ2) is 6.09. The number of aliphatic imine (C=N–C) groups is 1.